The molecular weight excluding hydrogens is 206 g/mol. The van der Waals surface area contributed by atoms with E-state index in [1.807, 2.05) is 0 Å². The summed E-state index contributed by atoms with van der Waals surface area (Å²) in [6.07, 6.45) is 2.20. The molecule has 0 saturated carbocycles. The molecule has 0 amide bonds. The Morgan fingerprint density at radius 2 is 1.82 bits per heavy atom. The van der Waals surface area contributed by atoms with Crippen LogP contribution in [0.4, 0.5) is 0 Å². The molecule has 0 aliphatic heterocycles. The van der Waals surface area contributed by atoms with Gasteiger partial charge in [0.1, 0.15) is 0 Å². The summed E-state index contributed by atoms with van der Waals surface area (Å²) in [6, 6.07) is 7.17. The summed E-state index contributed by atoms with van der Waals surface area (Å²) in [7, 11) is 0. The van der Waals surface area contributed by atoms with E-state index in [0.717, 1.165) is 19.4 Å². The van der Waals surface area contributed by atoms with Crippen molar-refractivity contribution in [2.24, 2.45) is 0 Å². The smallest absolute Gasteiger partial charge is 0.0314 e. The van der Waals surface area contributed by atoms with E-state index in [1.54, 1.807) is 0 Å². The van der Waals surface area contributed by atoms with E-state index in [-0.39, 0.29) is 0 Å². The summed E-state index contributed by atoms with van der Waals surface area (Å²) < 4.78 is 0. The molecule has 0 aliphatic rings. The standard InChI is InChI=1S/C16H25N/c1-6-7-17-16(12(2)3)11-15-9-13(4)8-14(5)10-15/h8-10,16-17H,2,6-7,11H2,1,3-5H3. The van der Waals surface area contributed by atoms with E-state index in [2.05, 4.69) is 57.8 Å². The van der Waals surface area contributed by atoms with Crippen molar-refractivity contribution in [2.75, 3.05) is 6.54 Å². The quantitative estimate of drug-likeness (QED) is 0.734. The van der Waals surface area contributed by atoms with Gasteiger partial charge < -0.3 is 5.32 Å². The monoisotopic (exact) mass is 231 g/mol. The third-order valence-corrected chi connectivity index (χ3v) is 2.96. The maximum Gasteiger partial charge on any atom is 0.0314 e. The molecule has 0 aromatic heterocycles. The van der Waals surface area contributed by atoms with E-state index in [4.69, 9.17) is 0 Å². The Morgan fingerprint density at radius 1 is 1.24 bits per heavy atom. The maximum absolute atomic E-state index is 4.09. The first-order valence-electron chi connectivity index (χ1n) is 6.49. The number of aryl methyl sites for hydroxylation is 2. The normalized spacial score (nSPS) is 12.5. The van der Waals surface area contributed by atoms with Crippen LogP contribution < -0.4 is 5.32 Å². The summed E-state index contributed by atoms with van der Waals surface area (Å²) in [5.74, 6) is 0. The third kappa shape index (κ3) is 4.74. The fourth-order valence-corrected chi connectivity index (χ4v) is 2.16. The molecule has 1 rings (SSSR count). The van der Waals surface area contributed by atoms with Gasteiger partial charge in [0, 0.05) is 6.04 Å². The van der Waals surface area contributed by atoms with Crippen molar-refractivity contribution in [3.63, 3.8) is 0 Å². The molecule has 94 valence electrons. The van der Waals surface area contributed by atoms with Crippen molar-refractivity contribution in [3.8, 4) is 0 Å². The van der Waals surface area contributed by atoms with E-state index >= 15 is 0 Å². The zero-order chi connectivity index (χ0) is 12.8. The first kappa shape index (κ1) is 14.0. The maximum atomic E-state index is 4.09. The molecule has 1 N–H and O–H groups in total. The fraction of sp³-hybridized carbons (Fsp3) is 0.500. The molecule has 1 aromatic carbocycles. The molecule has 0 radical (unpaired) electrons. The molecule has 0 spiro atoms. The molecule has 0 aliphatic carbocycles. The molecule has 1 unspecified atom stereocenters. The van der Waals surface area contributed by atoms with Gasteiger partial charge in [-0.05, 0) is 45.7 Å². The molecule has 0 bridgehead atoms. The Hall–Kier alpha value is -1.08. The highest BCUT2D eigenvalue weighted by Crippen LogP contribution is 2.13. The number of nitrogens with one attached hydrogen (secondary N) is 1. The van der Waals surface area contributed by atoms with Crippen molar-refractivity contribution in [3.05, 3.63) is 47.0 Å². The fourth-order valence-electron chi connectivity index (χ4n) is 2.16. The minimum absolute atomic E-state index is 0.399. The van der Waals surface area contributed by atoms with Gasteiger partial charge in [0.15, 0.2) is 0 Å². The highest BCUT2D eigenvalue weighted by molar-refractivity contribution is 5.30. The second-order valence-corrected chi connectivity index (χ2v) is 5.05. The summed E-state index contributed by atoms with van der Waals surface area (Å²) in [4.78, 5) is 0. The van der Waals surface area contributed by atoms with Crippen molar-refractivity contribution in [1.29, 1.82) is 0 Å². The van der Waals surface area contributed by atoms with E-state index in [9.17, 15) is 0 Å². The number of hydrogen-bond acceptors (Lipinski definition) is 1. The number of benzene rings is 1. The highest BCUT2D eigenvalue weighted by Gasteiger charge is 2.09. The lowest BCUT2D eigenvalue weighted by molar-refractivity contribution is 0.563. The Kier molecular flexibility index (Phi) is 5.43. The summed E-state index contributed by atoms with van der Waals surface area (Å²) in [6.45, 7) is 13.8. The van der Waals surface area contributed by atoms with Crippen LogP contribution in [0.2, 0.25) is 0 Å². The first-order valence-corrected chi connectivity index (χ1v) is 6.49. The lowest BCUT2D eigenvalue weighted by Crippen LogP contribution is -2.32. The van der Waals surface area contributed by atoms with Gasteiger partial charge >= 0.3 is 0 Å². The molecule has 1 aromatic rings. The molecule has 1 heteroatoms. The van der Waals surface area contributed by atoms with Gasteiger partial charge in [-0.25, -0.2) is 0 Å². The van der Waals surface area contributed by atoms with Gasteiger partial charge in [-0.3, -0.25) is 0 Å². The van der Waals surface area contributed by atoms with E-state index in [0.29, 0.717) is 6.04 Å². The third-order valence-electron chi connectivity index (χ3n) is 2.96. The molecule has 1 nitrogen and oxygen atoms in total. The minimum atomic E-state index is 0.399. The van der Waals surface area contributed by atoms with Crippen LogP contribution in [-0.2, 0) is 6.42 Å². The summed E-state index contributed by atoms with van der Waals surface area (Å²) >= 11 is 0. The molecule has 17 heavy (non-hydrogen) atoms. The Balaban J connectivity index is 2.74. The van der Waals surface area contributed by atoms with Gasteiger partial charge in [0.25, 0.3) is 0 Å². The highest BCUT2D eigenvalue weighted by atomic mass is 14.9. The van der Waals surface area contributed by atoms with Gasteiger partial charge in [-0.2, -0.15) is 0 Å². The van der Waals surface area contributed by atoms with Gasteiger partial charge in [0.2, 0.25) is 0 Å². The zero-order valence-electron chi connectivity index (χ0n) is 11.6. The van der Waals surface area contributed by atoms with Crippen LogP contribution in [0.3, 0.4) is 0 Å². The lowest BCUT2D eigenvalue weighted by atomic mass is 9.98. The first-order chi connectivity index (χ1) is 8.02. The van der Waals surface area contributed by atoms with Crippen LogP contribution in [0.25, 0.3) is 0 Å². The largest absolute Gasteiger partial charge is 0.310 e. The van der Waals surface area contributed by atoms with E-state index in [1.165, 1.54) is 22.3 Å². The topological polar surface area (TPSA) is 12.0 Å². The molecule has 1 atom stereocenters. The van der Waals surface area contributed by atoms with Crippen LogP contribution in [0.1, 0.15) is 37.0 Å². The van der Waals surface area contributed by atoms with Gasteiger partial charge in [0.05, 0.1) is 0 Å². The number of rotatable bonds is 6. The second kappa shape index (κ2) is 6.61. The van der Waals surface area contributed by atoms with Crippen molar-refractivity contribution in [1.82, 2.24) is 5.32 Å². The minimum Gasteiger partial charge on any atom is -0.310 e. The van der Waals surface area contributed by atoms with Crippen molar-refractivity contribution >= 4 is 0 Å². The Labute approximate surface area is 106 Å². The Bertz CT molecular complexity index is 359. The van der Waals surface area contributed by atoms with Crippen LogP contribution >= 0.6 is 0 Å². The van der Waals surface area contributed by atoms with Gasteiger partial charge in [-0.15, -0.1) is 0 Å². The van der Waals surface area contributed by atoms with Crippen LogP contribution in [0.5, 0.6) is 0 Å². The predicted molar refractivity (Wildman–Crippen MR) is 76.5 cm³/mol. The summed E-state index contributed by atoms with van der Waals surface area (Å²) in [5.41, 5.74) is 5.31. The lowest BCUT2D eigenvalue weighted by Gasteiger charge is -2.19. The van der Waals surface area contributed by atoms with Crippen LogP contribution in [0.15, 0.2) is 30.4 Å². The van der Waals surface area contributed by atoms with Crippen LogP contribution in [-0.4, -0.2) is 12.6 Å². The molecular formula is C16H25N. The average molecular weight is 231 g/mol. The number of hydrogen-bond donors (Lipinski definition) is 1. The average Bonchev–Trinajstić information content (AvgIpc) is 2.22. The van der Waals surface area contributed by atoms with Crippen molar-refractivity contribution < 1.29 is 0 Å². The molecule has 0 heterocycles. The Morgan fingerprint density at radius 3 is 2.29 bits per heavy atom. The van der Waals surface area contributed by atoms with Gasteiger partial charge in [-0.1, -0.05) is 48.4 Å². The SMILES string of the molecule is C=C(C)C(Cc1cc(C)cc(C)c1)NCCC. The van der Waals surface area contributed by atoms with E-state index < -0.39 is 0 Å². The second-order valence-electron chi connectivity index (χ2n) is 5.05. The van der Waals surface area contributed by atoms with Crippen molar-refractivity contribution in [2.45, 2.75) is 46.6 Å². The molecule has 0 saturated heterocycles. The molecule has 0 fully saturated rings. The zero-order valence-corrected chi connectivity index (χ0v) is 11.6. The summed E-state index contributed by atoms with van der Waals surface area (Å²) in [5, 5.41) is 3.56. The predicted octanol–water partition coefficient (Wildman–Crippen LogP) is 3.79. The van der Waals surface area contributed by atoms with Crippen LogP contribution in [0, 0.1) is 13.8 Å².